The zero-order valence-electron chi connectivity index (χ0n) is 10.1. The molecule has 0 saturated heterocycles. The molecule has 0 fully saturated rings. The van der Waals surface area contributed by atoms with Crippen molar-refractivity contribution in [3.63, 3.8) is 0 Å². The minimum Gasteiger partial charge on any atom is -0.481 e. The third-order valence-electron chi connectivity index (χ3n) is 2.29. The van der Waals surface area contributed by atoms with Gasteiger partial charge in [0.1, 0.15) is 0 Å². The number of carboxylic acid groups (broad SMARTS) is 1. The van der Waals surface area contributed by atoms with Crippen molar-refractivity contribution >= 4 is 12.0 Å². The minimum atomic E-state index is -0.849. The van der Waals surface area contributed by atoms with Crippen LogP contribution in [0, 0.1) is 0 Å². The molecule has 1 rings (SSSR count). The Hall–Kier alpha value is -2.05. The van der Waals surface area contributed by atoms with Gasteiger partial charge in [0.25, 0.3) is 0 Å². The molecule has 1 heterocycles. The van der Waals surface area contributed by atoms with Crippen LogP contribution in [0.4, 0.5) is 4.79 Å². The number of rotatable bonds is 8. The molecule has 7 nitrogen and oxygen atoms in total. The summed E-state index contributed by atoms with van der Waals surface area (Å²) in [4.78, 5) is 25.4. The maximum atomic E-state index is 11.3. The van der Waals surface area contributed by atoms with Crippen LogP contribution in [-0.4, -0.2) is 39.7 Å². The lowest BCUT2D eigenvalue weighted by molar-refractivity contribution is -0.137. The first-order valence-corrected chi connectivity index (χ1v) is 5.87. The van der Waals surface area contributed by atoms with Crippen molar-refractivity contribution < 1.29 is 14.7 Å². The van der Waals surface area contributed by atoms with E-state index in [-0.39, 0.29) is 12.5 Å². The van der Waals surface area contributed by atoms with Gasteiger partial charge in [-0.05, 0) is 12.8 Å². The second-order valence-corrected chi connectivity index (χ2v) is 3.83. The van der Waals surface area contributed by atoms with Crippen LogP contribution in [0.3, 0.4) is 0 Å². The number of carboxylic acids is 1. The number of aryl methyl sites for hydroxylation is 1. The number of nitrogens with zero attached hydrogens (tertiary/aromatic N) is 2. The Morgan fingerprint density at radius 3 is 2.56 bits per heavy atom. The number of imidazole rings is 1. The normalized spacial score (nSPS) is 10.0. The van der Waals surface area contributed by atoms with Crippen LogP contribution in [0.2, 0.25) is 0 Å². The fourth-order valence-electron chi connectivity index (χ4n) is 1.39. The molecule has 18 heavy (non-hydrogen) atoms. The molecule has 0 bridgehead atoms. The Labute approximate surface area is 105 Å². The summed E-state index contributed by atoms with van der Waals surface area (Å²) >= 11 is 0. The quantitative estimate of drug-likeness (QED) is 0.586. The molecule has 1 aromatic heterocycles. The monoisotopic (exact) mass is 254 g/mol. The lowest BCUT2D eigenvalue weighted by Crippen LogP contribution is -2.36. The molecule has 0 spiro atoms. The number of hydrogen-bond donors (Lipinski definition) is 3. The SMILES string of the molecule is O=C(O)CCCNC(=O)NCCCn1ccnc1. The molecule has 100 valence electrons. The first-order valence-electron chi connectivity index (χ1n) is 5.87. The molecule has 0 saturated carbocycles. The van der Waals surface area contributed by atoms with Crippen molar-refractivity contribution in [3.05, 3.63) is 18.7 Å². The van der Waals surface area contributed by atoms with Crippen LogP contribution in [0.25, 0.3) is 0 Å². The predicted octanol–water partition coefficient (Wildman–Crippen LogP) is 0.437. The Morgan fingerprint density at radius 1 is 1.22 bits per heavy atom. The van der Waals surface area contributed by atoms with Gasteiger partial charge in [-0.1, -0.05) is 0 Å². The summed E-state index contributed by atoms with van der Waals surface area (Å²) in [5.74, 6) is -0.849. The van der Waals surface area contributed by atoms with Gasteiger partial charge in [0, 0.05) is 38.4 Å². The van der Waals surface area contributed by atoms with Gasteiger partial charge in [0.15, 0.2) is 0 Å². The van der Waals surface area contributed by atoms with E-state index in [1.165, 1.54) is 0 Å². The van der Waals surface area contributed by atoms with Gasteiger partial charge in [-0.3, -0.25) is 4.79 Å². The van der Waals surface area contributed by atoms with E-state index in [2.05, 4.69) is 15.6 Å². The van der Waals surface area contributed by atoms with Crippen LogP contribution < -0.4 is 10.6 Å². The van der Waals surface area contributed by atoms with Gasteiger partial charge in [-0.15, -0.1) is 0 Å². The molecule has 0 aromatic carbocycles. The van der Waals surface area contributed by atoms with E-state index in [4.69, 9.17) is 5.11 Å². The second-order valence-electron chi connectivity index (χ2n) is 3.83. The summed E-state index contributed by atoms with van der Waals surface area (Å²) in [7, 11) is 0. The van der Waals surface area contributed by atoms with E-state index in [1.807, 2.05) is 10.8 Å². The van der Waals surface area contributed by atoms with Gasteiger partial charge in [-0.2, -0.15) is 0 Å². The highest BCUT2D eigenvalue weighted by molar-refractivity contribution is 5.73. The molecule has 0 aliphatic heterocycles. The van der Waals surface area contributed by atoms with E-state index in [0.717, 1.165) is 13.0 Å². The van der Waals surface area contributed by atoms with Gasteiger partial charge < -0.3 is 20.3 Å². The van der Waals surface area contributed by atoms with E-state index in [9.17, 15) is 9.59 Å². The summed E-state index contributed by atoms with van der Waals surface area (Å²) in [5.41, 5.74) is 0. The summed E-state index contributed by atoms with van der Waals surface area (Å²) in [6.45, 7) is 1.75. The van der Waals surface area contributed by atoms with Crippen LogP contribution >= 0.6 is 0 Å². The summed E-state index contributed by atoms with van der Waals surface area (Å²) < 4.78 is 1.94. The van der Waals surface area contributed by atoms with Crippen LogP contribution in [0.15, 0.2) is 18.7 Å². The summed E-state index contributed by atoms with van der Waals surface area (Å²) in [6, 6.07) is -0.258. The zero-order chi connectivity index (χ0) is 13.2. The fraction of sp³-hybridized carbons (Fsp3) is 0.545. The van der Waals surface area contributed by atoms with Crippen molar-refractivity contribution in [2.45, 2.75) is 25.8 Å². The number of urea groups is 1. The van der Waals surface area contributed by atoms with Crippen molar-refractivity contribution in [3.8, 4) is 0 Å². The highest BCUT2D eigenvalue weighted by atomic mass is 16.4. The number of nitrogens with one attached hydrogen (secondary N) is 2. The molecule has 7 heteroatoms. The topological polar surface area (TPSA) is 96.3 Å². The standard InChI is InChI=1S/C11H18N4O3/c16-10(17)3-1-4-13-11(18)14-5-2-7-15-8-6-12-9-15/h6,8-9H,1-5,7H2,(H,16,17)(H2,13,14,18). The molecule has 0 aliphatic carbocycles. The Balaban J connectivity index is 1.95. The van der Waals surface area contributed by atoms with Crippen molar-refractivity contribution in [2.75, 3.05) is 13.1 Å². The number of amides is 2. The molecule has 2 amide bonds. The largest absolute Gasteiger partial charge is 0.481 e. The highest BCUT2D eigenvalue weighted by Crippen LogP contribution is 1.89. The lowest BCUT2D eigenvalue weighted by atomic mass is 10.3. The molecule has 0 atom stereocenters. The minimum absolute atomic E-state index is 0.0703. The van der Waals surface area contributed by atoms with E-state index < -0.39 is 5.97 Å². The number of aromatic nitrogens is 2. The number of carbonyl (C=O) groups excluding carboxylic acids is 1. The predicted molar refractivity (Wildman–Crippen MR) is 65.1 cm³/mol. The van der Waals surface area contributed by atoms with Crippen molar-refractivity contribution in [1.82, 2.24) is 20.2 Å². The lowest BCUT2D eigenvalue weighted by Gasteiger charge is -2.07. The Bertz CT molecular complexity index is 364. The molecule has 0 aliphatic rings. The third kappa shape index (κ3) is 6.51. The number of hydrogen-bond acceptors (Lipinski definition) is 3. The van der Waals surface area contributed by atoms with Gasteiger partial charge in [0.05, 0.1) is 6.33 Å². The molecule has 0 radical (unpaired) electrons. The maximum Gasteiger partial charge on any atom is 0.314 e. The van der Waals surface area contributed by atoms with Gasteiger partial charge >= 0.3 is 12.0 Å². The molecule has 1 aromatic rings. The first kappa shape index (κ1) is 14.0. The first-order chi connectivity index (χ1) is 8.68. The van der Waals surface area contributed by atoms with Crippen molar-refractivity contribution in [1.29, 1.82) is 0 Å². The van der Waals surface area contributed by atoms with E-state index >= 15 is 0 Å². The maximum absolute atomic E-state index is 11.3. The second kappa shape index (κ2) is 8.10. The van der Waals surface area contributed by atoms with Gasteiger partial charge in [0.2, 0.25) is 0 Å². The van der Waals surface area contributed by atoms with E-state index in [1.54, 1.807) is 12.5 Å². The molecule has 3 N–H and O–H groups in total. The van der Waals surface area contributed by atoms with E-state index in [0.29, 0.717) is 19.5 Å². The summed E-state index contributed by atoms with van der Waals surface area (Å²) in [5, 5.41) is 13.7. The highest BCUT2D eigenvalue weighted by Gasteiger charge is 2.00. The molecular formula is C11H18N4O3. The van der Waals surface area contributed by atoms with Crippen LogP contribution in [0.1, 0.15) is 19.3 Å². The van der Waals surface area contributed by atoms with Crippen molar-refractivity contribution in [2.24, 2.45) is 0 Å². The van der Waals surface area contributed by atoms with Crippen LogP contribution in [0.5, 0.6) is 0 Å². The zero-order valence-corrected chi connectivity index (χ0v) is 10.1. The fourth-order valence-corrected chi connectivity index (χ4v) is 1.39. The average Bonchev–Trinajstić information content (AvgIpc) is 2.83. The average molecular weight is 254 g/mol. The Morgan fingerprint density at radius 2 is 1.94 bits per heavy atom. The smallest absolute Gasteiger partial charge is 0.314 e. The van der Waals surface area contributed by atoms with Crippen LogP contribution in [-0.2, 0) is 11.3 Å². The molecule has 0 unspecified atom stereocenters. The third-order valence-corrected chi connectivity index (χ3v) is 2.29. The molecular weight excluding hydrogens is 236 g/mol. The number of aliphatic carboxylic acids is 1. The number of carbonyl (C=O) groups is 2. The van der Waals surface area contributed by atoms with Gasteiger partial charge in [-0.25, -0.2) is 9.78 Å². The Kier molecular flexibility index (Phi) is 6.31. The summed E-state index contributed by atoms with van der Waals surface area (Å²) in [6.07, 6.45) is 6.64.